The van der Waals surface area contributed by atoms with Crippen molar-refractivity contribution in [2.75, 3.05) is 31.6 Å². The van der Waals surface area contributed by atoms with Crippen LogP contribution in [0.5, 0.6) is 5.75 Å². The van der Waals surface area contributed by atoms with E-state index >= 15 is 0 Å². The van der Waals surface area contributed by atoms with E-state index in [1.807, 2.05) is 18.2 Å². The molecule has 1 aromatic rings. The van der Waals surface area contributed by atoms with E-state index < -0.39 is 0 Å². The summed E-state index contributed by atoms with van der Waals surface area (Å²) in [5, 5.41) is 6.40. The van der Waals surface area contributed by atoms with Gasteiger partial charge in [0.2, 0.25) is 0 Å². The van der Waals surface area contributed by atoms with Crippen LogP contribution in [0.2, 0.25) is 0 Å². The fourth-order valence-electron chi connectivity index (χ4n) is 2.95. The first-order valence-electron chi connectivity index (χ1n) is 7.72. The third-order valence-corrected chi connectivity index (χ3v) is 4.06. The molecule has 0 aliphatic carbocycles. The van der Waals surface area contributed by atoms with Gasteiger partial charge in [0.15, 0.2) is 6.61 Å². The van der Waals surface area contributed by atoms with Crippen LogP contribution in [0.4, 0.5) is 5.69 Å². The summed E-state index contributed by atoms with van der Waals surface area (Å²) in [5.74, 6) is 0.665. The molecule has 0 radical (unpaired) electrons. The first-order chi connectivity index (χ1) is 10.2. The van der Waals surface area contributed by atoms with E-state index in [0.717, 1.165) is 30.1 Å². The molecule has 0 saturated carbocycles. The highest BCUT2D eigenvalue weighted by molar-refractivity contribution is 5.95. The molecule has 0 bridgehead atoms. The smallest absolute Gasteiger partial charge is 0.262 e. The van der Waals surface area contributed by atoms with Crippen LogP contribution >= 0.6 is 0 Å². The van der Waals surface area contributed by atoms with Crippen LogP contribution in [0.15, 0.2) is 18.2 Å². The van der Waals surface area contributed by atoms with Crippen LogP contribution in [0, 0.1) is 0 Å². The summed E-state index contributed by atoms with van der Waals surface area (Å²) in [6, 6.07) is 6.43. The largest absolute Gasteiger partial charge is 0.482 e. The second-order valence-corrected chi connectivity index (χ2v) is 5.96. The molecule has 5 nitrogen and oxygen atoms in total. The van der Waals surface area contributed by atoms with Gasteiger partial charge in [-0.25, -0.2) is 0 Å². The lowest BCUT2D eigenvalue weighted by Crippen LogP contribution is -2.37. The lowest BCUT2D eigenvalue weighted by molar-refractivity contribution is -0.118. The van der Waals surface area contributed by atoms with Gasteiger partial charge in [-0.05, 0) is 50.6 Å². The van der Waals surface area contributed by atoms with Crippen molar-refractivity contribution in [2.24, 2.45) is 0 Å². The lowest BCUT2D eigenvalue weighted by atomic mass is 10.1. The Balaban J connectivity index is 1.53. The molecule has 1 fully saturated rings. The molecule has 1 atom stereocenters. The molecule has 5 heteroatoms. The van der Waals surface area contributed by atoms with Crippen molar-refractivity contribution in [3.63, 3.8) is 0 Å². The van der Waals surface area contributed by atoms with Gasteiger partial charge in [0.05, 0.1) is 5.69 Å². The number of carbonyl (C=O) groups excluding carboxylic acids is 1. The molecule has 3 rings (SSSR count). The van der Waals surface area contributed by atoms with Gasteiger partial charge in [0.1, 0.15) is 5.75 Å². The van der Waals surface area contributed by atoms with Gasteiger partial charge in [-0.15, -0.1) is 0 Å². The van der Waals surface area contributed by atoms with Crippen molar-refractivity contribution in [3.05, 3.63) is 23.8 Å². The third kappa shape index (κ3) is 3.74. The number of nitrogens with zero attached hydrogens (tertiary/aromatic N) is 1. The first-order valence-corrected chi connectivity index (χ1v) is 7.72. The summed E-state index contributed by atoms with van der Waals surface area (Å²) < 4.78 is 5.37. The van der Waals surface area contributed by atoms with Gasteiger partial charge in [-0.1, -0.05) is 6.07 Å². The van der Waals surface area contributed by atoms with Gasteiger partial charge in [0, 0.05) is 19.1 Å². The summed E-state index contributed by atoms with van der Waals surface area (Å²) in [4.78, 5) is 13.9. The molecule has 1 aromatic carbocycles. The number of anilines is 1. The molecular weight excluding hydrogens is 266 g/mol. The highest BCUT2D eigenvalue weighted by atomic mass is 16.5. The van der Waals surface area contributed by atoms with Crippen LogP contribution < -0.4 is 15.4 Å². The number of rotatable bonds is 5. The van der Waals surface area contributed by atoms with Crippen molar-refractivity contribution < 1.29 is 9.53 Å². The number of fused-ring (bicyclic) bond motifs is 1. The Labute approximate surface area is 125 Å². The zero-order chi connectivity index (χ0) is 14.7. The Morgan fingerprint density at radius 3 is 3.00 bits per heavy atom. The number of carbonyl (C=O) groups is 1. The van der Waals surface area contributed by atoms with Gasteiger partial charge < -0.3 is 20.3 Å². The van der Waals surface area contributed by atoms with Crippen molar-refractivity contribution in [1.82, 2.24) is 10.2 Å². The van der Waals surface area contributed by atoms with Crippen LogP contribution in [0.1, 0.15) is 25.3 Å². The third-order valence-electron chi connectivity index (χ3n) is 4.06. The molecule has 2 aliphatic rings. The average molecular weight is 289 g/mol. The van der Waals surface area contributed by atoms with E-state index in [9.17, 15) is 4.79 Å². The quantitative estimate of drug-likeness (QED) is 0.864. The van der Waals surface area contributed by atoms with E-state index in [4.69, 9.17) is 4.74 Å². The van der Waals surface area contributed by atoms with Crippen LogP contribution in [0.3, 0.4) is 0 Å². The highest BCUT2D eigenvalue weighted by Gasteiger charge is 2.17. The van der Waals surface area contributed by atoms with E-state index in [1.54, 1.807) is 0 Å². The maximum atomic E-state index is 11.3. The number of likely N-dealkylation sites (tertiary alicyclic amines) is 1. The molecule has 21 heavy (non-hydrogen) atoms. The predicted octanol–water partition coefficient (Wildman–Crippen LogP) is 1.59. The predicted molar refractivity (Wildman–Crippen MR) is 82.5 cm³/mol. The zero-order valence-corrected chi connectivity index (χ0v) is 12.5. The molecule has 2 aliphatic heterocycles. The molecule has 114 valence electrons. The summed E-state index contributed by atoms with van der Waals surface area (Å²) in [7, 11) is 0. The lowest BCUT2D eigenvalue weighted by Gasteiger charge is -2.22. The number of hydrogen-bond donors (Lipinski definition) is 2. The number of amides is 1. The number of hydrogen-bond acceptors (Lipinski definition) is 4. The normalized spacial score (nSPS) is 19.8. The Morgan fingerprint density at radius 1 is 1.38 bits per heavy atom. The van der Waals surface area contributed by atoms with E-state index in [-0.39, 0.29) is 12.5 Å². The fraction of sp³-hybridized carbons (Fsp3) is 0.562. The monoisotopic (exact) mass is 289 g/mol. The van der Waals surface area contributed by atoms with Gasteiger partial charge in [-0.2, -0.15) is 0 Å². The van der Waals surface area contributed by atoms with E-state index in [1.165, 1.54) is 25.9 Å². The van der Waals surface area contributed by atoms with Gasteiger partial charge >= 0.3 is 0 Å². The maximum Gasteiger partial charge on any atom is 0.262 e. The number of ether oxygens (including phenoxy) is 1. The Hall–Kier alpha value is -1.59. The molecule has 0 aromatic heterocycles. The SMILES string of the molecule is CC(CN1CCCC1)NCc1ccc2c(c1)NC(=O)CO2. The second kappa shape index (κ2) is 6.45. The summed E-state index contributed by atoms with van der Waals surface area (Å²) in [5.41, 5.74) is 1.94. The molecule has 2 heterocycles. The van der Waals surface area contributed by atoms with Gasteiger partial charge in [-0.3, -0.25) is 4.79 Å². The highest BCUT2D eigenvalue weighted by Crippen LogP contribution is 2.28. The van der Waals surface area contributed by atoms with Crippen LogP contribution in [0.25, 0.3) is 0 Å². The summed E-state index contributed by atoms with van der Waals surface area (Å²) in [6.07, 6.45) is 2.66. The zero-order valence-electron chi connectivity index (χ0n) is 12.5. The maximum absolute atomic E-state index is 11.3. The second-order valence-electron chi connectivity index (χ2n) is 5.96. The molecule has 1 amide bonds. The Bertz CT molecular complexity index is 512. The summed E-state index contributed by atoms with van der Waals surface area (Å²) in [6.45, 7) is 6.70. The topological polar surface area (TPSA) is 53.6 Å². The molecule has 2 N–H and O–H groups in total. The fourth-order valence-corrected chi connectivity index (χ4v) is 2.95. The minimum Gasteiger partial charge on any atom is -0.482 e. The van der Waals surface area contributed by atoms with Crippen molar-refractivity contribution >= 4 is 11.6 Å². The standard InChI is InChI=1S/C16H23N3O2/c1-12(10-19-6-2-3-7-19)17-9-13-4-5-15-14(8-13)18-16(20)11-21-15/h4-5,8,12,17H,2-3,6-7,9-11H2,1H3,(H,18,20). The Kier molecular flexibility index (Phi) is 4.41. The van der Waals surface area contributed by atoms with Crippen LogP contribution in [-0.2, 0) is 11.3 Å². The average Bonchev–Trinajstić information content (AvgIpc) is 2.97. The van der Waals surface area contributed by atoms with Crippen molar-refractivity contribution in [1.29, 1.82) is 0 Å². The molecule has 1 unspecified atom stereocenters. The first kappa shape index (κ1) is 14.4. The number of benzene rings is 1. The van der Waals surface area contributed by atoms with Crippen molar-refractivity contribution in [2.45, 2.75) is 32.4 Å². The minimum atomic E-state index is -0.0880. The molecule has 1 saturated heterocycles. The Morgan fingerprint density at radius 2 is 2.19 bits per heavy atom. The van der Waals surface area contributed by atoms with Crippen LogP contribution in [-0.4, -0.2) is 43.1 Å². The molecular formula is C16H23N3O2. The summed E-state index contributed by atoms with van der Waals surface area (Å²) >= 11 is 0. The minimum absolute atomic E-state index is 0.0880. The number of nitrogens with one attached hydrogen (secondary N) is 2. The van der Waals surface area contributed by atoms with E-state index in [0.29, 0.717) is 6.04 Å². The van der Waals surface area contributed by atoms with E-state index in [2.05, 4.69) is 22.5 Å². The van der Waals surface area contributed by atoms with Crippen molar-refractivity contribution in [3.8, 4) is 5.75 Å². The van der Waals surface area contributed by atoms with Gasteiger partial charge in [0.25, 0.3) is 5.91 Å². The molecule has 0 spiro atoms.